The molecule has 0 saturated carbocycles. The van der Waals surface area contributed by atoms with Gasteiger partial charge in [0.1, 0.15) is 11.5 Å². The molecular weight excluding hydrogens is 214 g/mol. The molecule has 0 spiro atoms. The Morgan fingerprint density at radius 3 is 2.94 bits per heavy atom. The molecule has 3 rings (SSSR count). The van der Waals surface area contributed by atoms with Crippen molar-refractivity contribution in [3.8, 4) is 11.5 Å². The van der Waals surface area contributed by atoms with Crippen LogP contribution in [-0.2, 0) is 19.3 Å². The SMILES string of the molecule is CC(CN)Cc1c2c(cc3c1OCC3)OCC2. The molecule has 0 bridgehead atoms. The predicted octanol–water partition coefficient (Wildman–Crippen LogP) is 1.69. The van der Waals surface area contributed by atoms with E-state index in [0.717, 1.165) is 50.5 Å². The van der Waals surface area contributed by atoms with Crippen LogP contribution in [-0.4, -0.2) is 19.8 Å². The largest absolute Gasteiger partial charge is 0.493 e. The number of hydrogen-bond donors (Lipinski definition) is 1. The summed E-state index contributed by atoms with van der Waals surface area (Å²) >= 11 is 0. The van der Waals surface area contributed by atoms with Crippen LogP contribution in [0, 0.1) is 5.92 Å². The molecule has 1 aromatic rings. The lowest BCUT2D eigenvalue weighted by Gasteiger charge is -2.15. The number of ether oxygens (including phenoxy) is 2. The Labute approximate surface area is 102 Å². The van der Waals surface area contributed by atoms with Crippen LogP contribution in [0.15, 0.2) is 6.07 Å². The predicted molar refractivity (Wildman–Crippen MR) is 66.8 cm³/mol. The molecule has 2 aliphatic rings. The molecule has 0 fully saturated rings. The lowest BCUT2D eigenvalue weighted by Crippen LogP contribution is -2.14. The maximum Gasteiger partial charge on any atom is 0.126 e. The third-order valence-electron chi connectivity index (χ3n) is 3.72. The van der Waals surface area contributed by atoms with E-state index in [4.69, 9.17) is 15.2 Å². The molecule has 2 aliphatic heterocycles. The first kappa shape index (κ1) is 10.9. The molecule has 2 heterocycles. The van der Waals surface area contributed by atoms with E-state index in [1.54, 1.807) is 0 Å². The van der Waals surface area contributed by atoms with Gasteiger partial charge >= 0.3 is 0 Å². The minimum atomic E-state index is 0.496. The van der Waals surface area contributed by atoms with Gasteiger partial charge in [0.05, 0.1) is 13.2 Å². The van der Waals surface area contributed by atoms with E-state index in [0.29, 0.717) is 5.92 Å². The van der Waals surface area contributed by atoms with E-state index in [1.807, 2.05) is 0 Å². The van der Waals surface area contributed by atoms with E-state index in [1.165, 1.54) is 16.7 Å². The zero-order valence-electron chi connectivity index (χ0n) is 10.3. The molecule has 2 N–H and O–H groups in total. The normalized spacial score (nSPS) is 18.2. The third-order valence-corrected chi connectivity index (χ3v) is 3.72. The molecule has 0 aliphatic carbocycles. The zero-order chi connectivity index (χ0) is 11.8. The van der Waals surface area contributed by atoms with Crippen molar-refractivity contribution in [1.29, 1.82) is 0 Å². The summed E-state index contributed by atoms with van der Waals surface area (Å²) in [6, 6.07) is 2.17. The molecule has 1 atom stereocenters. The van der Waals surface area contributed by atoms with E-state index in [2.05, 4.69) is 13.0 Å². The van der Waals surface area contributed by atoms with Gasteiger partial charge in [-0.25, -0.2) is 0 Å². The summed E-state index contributed by atoms with van der Waals surface area (Å²) < 4.78 is 11.5. The van der Waals surface area contributed by atoms with Crippen LogP contribution in [0.5, 0.6) is 11.5 Å². The van der Waals surface area contributed by atoms with E-state index >= 15 is 0 Å². The lowest BCUT2D eigenvalue weighted by atomic mass is 9.92. The monoisotopic (exact) mass is 233 g/mol. The summed E-state index contributed by atoms with van der Waals surface area (Å²) in [5, 5.41) is 0. The average Bonchev–Trinajstić information content (AvgIpc) is 2.96. The molecule has 0 aromatic heterocycles. The van der Waals surface area contributed by atoms with Crippen LogP contribution in [0.2, 0.25) is 0 Å². The zero-order valence-corrected chi connectivity index (χ0v) is 10.3. The fourth-order valence-electron chi connectivity index (χ4n) is 2.73. The maximum atomic E-state index is 5.80. The van der Waals surface area contributed by atoms with Gasteiger partial charge in [-0.15, -0.1) is 0 Å². The van der Waals surface area contributed by atoms with Crippen LogP contribution in [0.3, 0.4) is 0 Å². The highest BCUT2D eigenvalue weighted by molar-refractivity contribution is 5.56. The molecule has 92 valence electrons. The Bertz CT molecular complexity index is 410. The van der Waals surface area contributed by atoms with Crippen LogP contribution in [0.25, 0.3) is 0 Å². The molecule has 17 heavy (non-hydrogen) atoms. The average molecular weight is 233 g/mol. The third kappa shape index (κ3) is 1.78. The number of hydrogen-bond acceptors (Lipinski definition) is 3. The van der Waals surface area contributed by atoms with Crippen molar-refractivity contribution in [3.05, 3.63) is 22.8 Å². The van der Waals surface area contributed by atoms with E-state index in [-0.39, 0.29) is 0 Å². The van der Waals surface area contributed by atoms with Gasteiger partial charge in [-0.3, -0.25) is 0 Å². The summed E-state index contributed by atoms with van der Waals surface area (Å²) in [6.45, 7) is 4.53. The second kappa shape index (κ2) is 4.22. The smallest absolute Gasteiger partial charge is 0.126 e. The Morgan fingerprint density at radius 2 is 2.12 bits per heavy atom. The van der Waals surface area contributed by atoms with Gasteiger partial charge in [0.15, 0.2) is 0 Å². The van der Waals surface area contributed by atoms with Crippen molar-refractivity contribution >= 4 is 0 Å². The molecule has 3 nitrogen and oxygen atoms in total. The van der Waals surface area contributed by atoms with Gasteiger partial charge < -0.3 is 15.2 Å². The van der Waals surface area contributed by atoms with Crippen molar-refractivity contribution in [2.75, 3.05) is 19.8 Å². The molecule has 1 unspecified atom stereocenters. The number of benzene rings is 1. The molecule has 0 amide bonds. The second-order valence-electron chi connectivity index (χ2n) is 5.06. The van der Waals surface area contributed by atoms with Crippen molar-refractivity contribution in [2.45, 2.75) is 26.2 Å². The van der Waals surface area contributed by atoms with Crippen molar-refractivity contribution < 1.29 is 9.47 Å². The summed E-state index contributed by atoms with van der Waals surface area (Å²) in [7, 11) is 0. The number of nitrogens with two attached hydrogens (primary N) is 1. The van der Waals surface area contributed by atoms with E-state index < -0.39 is 0 Å². The topological polar surface area (TPSA) is 44.5 Å². The second-order valence-corrected chi connectivity index (χ2v) is 5.06. The van der Waals surface area contributed by atoms with Crippen molar-refractivity contribution in [3.63, 3.8) is 0 Å². The van der Waals surface area contributed by atoms with Crippen LogP contribution in [0.4, 0.5) is 0 Å². The Balaban J connectivity index is 2.05. The fraction of sp³-hybridized carbons (Fsp3) is 0.571. The van der Waals surface area contributed by atoms with Gasteiger partial charge in [0.25, 0.3) is 0 Å². The summed E-state index contributed by atoms with van der Waals surface area (Å²) in [5.74, 6) is 2.69. The van der Waals surface area contributed by atoms with Crippen molar-refractivity contribution in [1.82, 2.24) is 0 Å². The van der Waals surface area contributed by atoms with Gasteiger partial charge in [-0.05, 0) is 24.9 Å². The molecule has 0 saturated heterocycles. The summed E-state index contributed by atoms with van der Waals surface area (Å²) in [4.78, 5) is 0. The Kier molecular flexibility index (Phi) is 2.71. The van der Waals surface area contributed by atoms with Gasteiger partial charge in [0.2, 0.25) is 0 Å². The molecule has 0 radical (unpaired) electrons. The highest BCUT2D eigenvalue weighted by Crippen LogP contribution is 2.41. The minimum Gasteiger partial charge on any atom is -0.493 e. The molecule has 1 aromatic carbocycles. The Hall–Kier alpha value is -1.22. The highest BCUT2D eigenvalue weighted by Gasteiger charge is 2.26. The van der Waals surface area contributed by atoms with Crippen LogP contribution in [0.1, 0.15) is 23.6 Å². The van der Waals surface area contributed by atoms with Crippen LogP contribution < -0.4 is 15.2 Å². The number of fused-ring (bicyclic) bond motifs is 2. The van der Waals surface area contributed by atoms with Gasteiger partial charge in [-0.1, -0.05) is 6.92 Å². The first-order chi connectivity index (χ1) is 8.29. The fourth-order valence-corrected chi connectivity index (χ4v) is 2.73. The molecule has 3 heteroatoms. The standard InChI is InChI=1S/C14H19NO2/c1-9(8-15)6-12-11-3-5-16-13(11)7-10-2-4-17-14(10)12/h7,9H,2-6,8,15H2,1H3. The van der Waals surface area contributed by atoms with E-state index in [9.17, 15) is 0 Å². The maximum absolute atomic E-state index is 5.80. The quantitative estimate of drug-likeness (QED) is 0.864. The van der Waals surface area contributed by atoms with Crippen LogP contribution >= 0.6 is 0 Å². The van der Waals surface area contributed by atoms with Gasteiger partial charge in [-0.2, -0.15) is 0 Å². The number of rotatable bonds is 3. The first-order valence-corrected chi connectivity index (χ1v) is 6.43. The highest BCUT2D eigenvalue weighted by atomic mass is 16.5. The Morgan fingerprint density at radius 1 is 1.29 bits per heavy atom. The van der Waals surface area contributed by atoms with Gasteiger partial charge in [0, 0.05) is 29.5 Å². The molecular formula is C14H19NO2. The van der Waals surface area contributed by atoms with Crippen molar-refractivity contribution in [2.24, 2.45) is 11.7 Å². The minimum absolute atomic E-state index is 0.496. The summed E-state index contributed by atoms with van der Waals surface area (Å²) in [5.41, 5.74) is 9.75. The summed E-state index contributed by atoms with van der Waals surface area (Å²) in [6.07, 6.45) is 3.03. The first-order valence-electron chi connectivity index (χ1n) is 6.43. The lowest BCUT2D eigenvalue weighted by molar-refractivity contribution is 0.351.